The molecule has 4 aromatic rings. The fourth-order valence-corrected chi connectivity index (χ4v) is 4.49. The Bertz CT molecular complexity index is 1190. The van der Waals surface area contributed by atoms with Gasteiger partial charge in [0.15, 0.2) is 9.92 Å². The van der Waals surface area contributed by atoms with E-state index in [1.165, 1.54) is 27.0 Å². The normalized spacial score (nSPS) is 11.1. The number of para-hydroxylation sites is 2. The summed E-state index contributed by atoms with van der Waals surface area (Å²) in [5.74, 6) is 0.0948. The van der Waals surface area contributed by atoms with E-state index in [4.69, 9.17) is 4.42 Å². The number of carbonyl (C=O) groups is 1. The van der Waals surface area contributed by atoms with Crippen molar-refractivity contribution >= 4 is 45.2 Å². The zero-order valence-electron chi connectivity index (χ0n) is 15.6. The van der Waals surface area contributed by atoms with E-state index in [9.17, 15) is 9.59 Å². The number of oxazole rings is 1. The van der Waals surface area contributed by atoms with Gasteiger partial charge < -0.3 is 9.73 Å². The van der Waals surface area contributed by atoms with Gasteiger partial charge in [0.1, 0.15) is 0 Å². The molecule has 148 valence electrons. The molecule has 4 rings (SSSR count). The standard InChI is InChI=1S/C20H18N4O3S2/c1-13-6-8-14(9-7-13)12-28-19-23-22-18(29-19)21-17(25)10-11-24-15-4-2-3-5-16(15)27-20(24)26/h2-9H,10-12H2,1H3,(H,21,22,25). The SMILES string of the molecule is Cc1ccc(CSc2nnc(NC(=O)CCn3c(=O)oc4ccccc43)s2)cc1. The van der Waals surface area contributed by atoms with Crippen molar-refractivity contribution in [1.82, 2.24) is 14.8 Å². The number of thioether (sulfide) groups is 1. The van der Waals surface area contributed by atoms with Gasteiger partial charge >= 0.3 is 5.76 Å². The monoisotopic (exact) mass is 426 g/mol. The minimum atomic E-state index is -0.468. The van der Waals surface area contributed by atoms with E-state index in [2.05, 4.69) is 46.7 Å². The van der Waals surface area contributed by atoms with Crippen molar-refractivity contribution in [2.75, 3.05) is 5.32 Å². The number of fused-ring (bicyclic) bond motifs is 1. The van der Waals surface area contributed by atoms with Gasteiger partial charge in [0.25, 0.3) is 0 Å². The Morgan fingerprint density at radius 1 is 1.17 bits per heavy atom. The van der Waals surface area contributed by atoms with Crippen molar-refractivity contribution in [1.29, 1.82) is 0 Å². The summed E-state index contributed by atoms with van der Waals surface area (Å²) >= 11 is 2.91. The number of nitrogens with one attached hydrogen (secondary N) is 1. The molecule has 9 heteroatoms. The number of hydrogen-bond donors (Lipinski definition) is 1. The third kappa shape index (κ3) is 4.75. The number of amides is 1. The lowest BCUT2D eigenvalue weighted by molar-refractivity contribution is -0.116. The molecule has 0 bridgehead atoms. The fraction of sp³-hybridized carbons (Fsp3) is 0.200. The highest BCUT2D eigenvalue weighted by molar-refractivity contribution is 8.00. The van der Waals surface area contributed by atoms with Crippen LogP contribution in [0.15, 0.2) is 62.1 Å². The van der Waals surface area contributed by atoms with Crippen LogP contribution in [0.25, 0.3) is 11.1 Å². The predicted octanol–water partition coefficient (Wildman–Crippen LogP) is 4.08. The van der Waals surface area contributed by atoms with Gasteiger partial charge in [-0.1, -0.05) is 65.1 Å². The first-order valence-electron chi connectivity index (χ1n) is 8.98. The van der Waals surface area contributed by atoms with Crippen LogP contribution in [-0.2, 0) is 17.1 Å². The number of aryl methyl sites for hydroxylation is 2. The largest absolute Gasteiger partial charge is 0.419 e. The summed E-state index contributed by atoms with van der Waals surface area (Å²) in [5, 5.41) is 11.3. The Hall–Kier alpha value is -2.91. The molecule has 0 saturated carbocycles. The van der Waals surface area contributed by atoms with Crippen LogP contribution < -0.4 is 11.1 Å². The molecule has 0 aliphatic heterocycles. The number of benzene rings is 2. The van der Waals surface area contributed by atoms with E-state index in [1.54, 1.807) is 30.0 Å². The van der Waals surface area contributed by atoms with Crippen molar-refractivity contribution in [3.05, 3.63) is 70.2 Å². The molecule has 0 unspecified atom stereocenters. The van der Waals surface area contributed by atoms with Gasteiger partial charge in [0.2, 0.25) is 11.0 Å². The van der Waals surface area contributed by atoms with E-state index in [1.807, 2.05) is 6.07 Å². The van der Waals surface area contributed by atoms with Crippen molar-refractivity contribution < 1.29 is 9.21 Å². The molecule has 0 aliphatic carbocycles. The summed E-state index contributed by atoms with van der Waals surface area (Å²) in [6.07, 6.45) is 0.134. The molecular weight excluding hydrogens is 408 g/mol. The Morgan fingerprint density at radius 3 is 2.79 bits per heavy atom. The molecule has 0 aliphatic rings. The topological polar surface area (TPSA) is 90.0 Å². The number of aromatic nitrogens is 3. The lowest BCUT2D eigenvalue weighted by Gasteiger charge is -2.02. The Labute approximate surface area is 174 Å². The van der Waals surface area contributed by atoms with Crippen molar-refractivity contribution in [3.8, 4) is 0 Å². The lowest BCUT2D eigenvalue weighted by atomic mass is 10.2. The van der Waals surface area contributed by atoms with E-state index in [-0.39, 0.29) is 18.9 Å². The maximum absolute atomic E-state index is 12.3. The number of nitrogens with zero attached hydrogens (tertiary/aromatic N) is 3. The van der Waals surface area contributed by atoms with Gasteiger partial charge in [0.05, 0.1) is 5.52 Å². The second-order valence-corrected chi connectivity index (χ2v) is 8.63. The lowest BCUT2D eigenvalue weighted by Crippen LogP contribution is -2.19. The minimum Gasteiger partial charge on any atom is -0.408 e. The molecule has 0 radical (unpaired) electrons. The highest BCUT2D eigenvalue weighted by Gasteiger charge is 2.12. The molecule has 2 heterocycles. The minimum absolute atomic E-state index is 0.134. The maximum atomic E-state index is 12.3. The van der Waals surface area contributed by atoms with Crippen LogP contribution in [0.5, 0.6) is 0 Å². The Kier molecular flexibility index (Phi) is 5.77. The van der Waals surface area contributed by atoms with E-state index >= 15 is 0 Å². The third-order valence-electron chi connectivity index (χ3n) is 4.27. The van der Waals surface area contributed by atoms with Gasteiger partial charge in [-0.2, -0.15) is 0 Å². The second-order valence-electron chi connectivity index (χ2n) is 6.43. The zero-order chi connectivity index (χ0) is 20.2. The molecule has 29 heavy (non-hydrogen) atoms. The first-order chi connectivity index (χ1) is 14.1. The molecule has 2 aromatic heterocycles. The van der Waals surface area contributed by atoms with Crippen molar-refractivity contribution in [3.63, 3.8) is 0 Å². The van der Waals surface area contributed by atoms with Gasteiger partial charge in [-0.15, -0.1) is 10.2 Å². The van der Waals surface area contributed by atoms with E-state index in [0.29, 0.717) is 16.2 Å². The molecule has 0 saturated heterocycles. The van der Waals surface area contributed by atoms with Crippen LogP contribution >= 0.6 is 23.1 Å². The molecular formula is C20H18N4O3S2. The van der Waals surface area contributed by atoms with E-state index in [0.717, 1.165) is 10.1 Å². The predicted molar refractivity (Wildman–Crippen MR) is 114 cm³/mol. The van der Waals surface area contributed by atoms with Gasteiger partial charge in [0, 0.05) is 18.7 Å². The zero-order valence-corrected chi connectivity index (χ0v) is 17.3. The average Bonchev–Trinajstić information content (AvgIpc) is 3.29. The van der Waals surface area contributed by atoms with Crippen LogP contribution in [-0.4, -0.2) is 20.7 Å². The van der Waals surface area contributed by atoms with E-state index < -0.39 is 5.76 Å². The summed E-state index contributed by atoms with van der Waals surface area (Å²) < 4.78 is 7.42. The molecule has 2 aromatic carbocycles. The first-order valence-corrected chi connectivity index (χ1v) is 10.8. The average molecular weight is 427 g/mol. The quantitative estimate of drug-likeness (QED) is 0.354. The third-order valence-corrected chi connectivity index (χ3v) is 6.32. The van der Waals surface area contributed by atoms with Crippen LogP contribution in [0, 0.1) is 6.92 Å². The van der Waals surface area contributed by atoms with Gasteiger partial charge in [-0.3, -0.25) is 9.36 Å². The van der Waals surface area contributed by atoms with Gasteiger partial charge in [-0.25, -0.2) is 4.79 Å². The highest BCUT2D eigenvalue weighted by Crippen LogP contribution is 2.28. The van der Waals surface area contributed by atoms with Crippen LogP contribution in [0.1, 0.15) is 17.5 Å². The van der Waals surface area contributed by atoms with Crippen LogP contribution in [0.2, 0.25) is 0 Å². The summed E-state index contributed by atoms with van der Waals surface area (Å²) in [6.45, 7) is 2.29. The summed E-state index contributed by atoms with van der Waals surface area (Å²) in [4.78, 5) is 24.2. The maximum Gasteiger partial charge on any atom is 0.419 e. The fourth-order valence-electron chi connectivity index (χ4n) is 2.77. The highest BCUT2D eigenvalue weighted by atomic mass is 32.2. The smallest absolute Gasteiger partial charge is 0.408 e. The van der Waals surface area contributed by atoms with Crippen LogP contribution in [0.3, 0.4) is 0 Å². The number of rotatable bonds is 7. The molecule has 7 nitrogen and oxygen atoms in total. The molecule has 0 fully saturated rings. The summed E-state index contributed by atoms with van der Waals surface area (Å²) in [5.41, 5.74) is 3.62. The molecule has 1 N–H and O–H groups in total. The molecule has 0 spiro atoms. The van der Waals surface area contributed by atoms with Crippen molar-refractivity contribution in [2.24, 2.45) is 0 Å². The summed E-state index contributed by atoms with van der Waals surface area (Å²) in [6, 6.07) is 15.5. The van der Waals surface area contributed by atoms with Gasteiger partial charge in [-0.05, 0) is 24.6 Å². The van der Waals surface area contributed by atoms with Crippen molar-refractivity contribution in [2.45, 2.75) is 30.0 Å². The Balaban J connectivity index is 1.31. The number of anilines is 1. The number of hydrogen-bond acceptors (Lipinski definition) is 7. The second kappa shape index (κ2) is 8.62. The summed E-state index contributed by atoms with van der Waals surface area (Å²) in [7, 11) is 0. The Morgan fingerprint density at radius 2 is 1.97 bits per heavy atom. The number of carbonyl (C=O) groups excluding carboxylic acids is 1. The molecule has 0 atom stereocenters. The first kappa shape index (κ1) is 19.4. The van der Waals surface area contributed by atoms with Crippen LogP contribution in [0.4, 0.5) is 5.13 Å². The molecule has 1 amide bonds.